The SMILES string of the molecule is COc1ccc(C2=NN(CCn3ccnc3)C(=O)C3CCCCC23)cc1OC.Cl. The summed E-state index contributed by atoms with van der Waals surface area (Å²) in [6.07, 6.45) is 9.56. The molecule has 2 aliphatic rings. The summed E-state index contributed by atoms with van der Waals surface area (Å²) >= 11 is 0. The molecule has 1 aromatic carbocycles. The number of methoxy groups -OCH3 is 2. The Hall–Kier alpha value is -2.54. The van der Waals surface area contributed by atoms with Crippen LogP contribution in [0.5, 0.6) is 11.5 Å². The first-order chi connectivity index (χ1) is 13.7. The molecule has 2 atom stereocenters. The van der Waals surface area contributed by atoms with Crippen LogP contribution in [0.2, 0.25) is 0 Å². The van der Waals surface area contributed by atoms with Gasteiger partial charge in [-0.05, 0) is 31.0 Å². The molecule has 7 nitrogen and oxygen atoms in total. The van der Waals surface area contributed by atoms with E-state index in [-0.39, 0.29) is 30.2 Å². The topological polar surface area (TPSA) is 69.0 Å². The number of hydrazone groups is 1. The molecule has 0 radical (unpaired) electrons. The number of imidazole rings is 1. The van der Waals surface area contributed by atoms with Gasteiger partial charge in [0.1, 0.15) is 0 Å². The maximum atomic E-state index is 13.1. The van der Waals surface area contributed by atoms with Crippen molar-refractivity contribution in [1.82, 2.24) is 14.6 Å². The third-order valence-electron chi connectivity index (χ3n) is 5.73. The average Bonchev–Trinajstić information content (AvgIpc) is 3.26. The molecule has 1 aliphatic carbocycles. The van der Waals surface area contributed by atoms with Crippen molar-refractivity contribution >= 4 is 24.0 Å². The Kier molecular flexibility index (Phi) is 6.79. The number of aromatic nitrogens is 2. The highest BCUT2D eigenvalue weighted by Gasteiger charge is 2.41. The van der Waals surface area contributed by atoms with Gasteiger partial charge in [-0.2, -0.15) is 5.10 Å². The van der Waals surface area contributed by atoms with Crippen LogP contribution >= 0.6 is 12.4 Å². The molecule has 1 aliphatic heterocycles. The van der Waals surface area contributed by atoms with E-state index in [4.69, 9.17) is 14.6 Å². The van der Waals surface area contributed by atoms with Gasteiger partial charge in [0, 0.05) is 36.3 Å². The molecule has 1 amide bonds. The van der Waals surface area contributed by atoms with Crippen molar-refractivity contribution < 1.29 is 14.3 Å². The number of hydrogen-bond donors (Lipinski definition) is 0. The zero-order valence-corrected chi connectivity index (χ0v) is 17.6. The predicted molar refractivity (Wildman–Crippen MR) is 113 cm³/mol. The smallest absolute Gasteiger partial charge is 0.246 e. The molecule has 2 aromatic rings. The first-order valence-corrected chi connectivity index (χ1v) is 9.79. The van der Waals surface area contributed by atoms with Crippen molar-refractivity contribution in [3.63, 3.8) is 0 Å². The average molecular weight is 419 g/mol. The third kappa shape index (κ3) is 4.24. The van der Waals surface area contributed by atoms with Gasteiger partial charge in [0.25, 0.3) is 0 Å². The Bertz CT molecular complexity index is 869. The highest BCUT2D eigenvalue weighted by atomic mass is 35.5. The summed E-state index contributed by atoms with van der Waals surface area (Å²) in [5, 5.41) is 6.47. The number of hydrogen-bond acceptors (Lipinski definition) is 5. The van der Waals surface area contributed by atoms with E-state index in [1.165, 1.54) is 0 Å². The Morgan fingerprint density at radius 1 is 1.07 bits per heavy atom. The normalized spacial score (nSPS) is 21.1. The van der Waals surface area contributed by atoms with Gasteiger partial charge in [-0.25, -0.2) is 9.99 Å². The predicted octanol–water partition coefficient (Wildman–Crippen LogP) is 3.38. The fourth-order valence-electron chi connectivity index (χ4n) is 4.26. The standard InChI is InChI=1S/C21H26N4O3.ClH/c1-27-18-8-7-15(13-19(18)28-2)20-16-5-3-4-6-17(16)21(26)25(23-20)12-11-24-10-9-22-14-24;/h7-10,13-14,16-17H,3-6,11-12H2,1-2H3;1H. The highest BCUT2D eigenvalue weighted by molar-refractivity contribution is 6.07. The van der Waals surface area contributed by atoms with Gasteiger partial charge >= 0.3 is 0 Å². The van der Waals surface area contributed by atoms with Crippen LogP contribution in [0.15, 0.2) is 42.0 Å². The molecule has 0 bridgehead atoms. The molecule has 29 heavy (non-hydrogen) atoms. The van der Waals surface area contributed by atoms with Crippen molar-refractivity contribution in [2.75, 3.05) is 20.8 Å². The first-order valence-electron chi connectivity index (χ1n) is 9.79. The van der Waals surface area contributed by atoms with Gasteiger partial charge < -0.3 is 14.0 Å². The van der Waals surface area contributed by atoms with Gasteiger partial charge in [0.2, 0.25) is 5.91 Å². The fraction of sp³-hybridized carbons (Fsp3) is 0.476. The number of carbonyl (C=O) groups is 1. The second kappa shape index (κ2) is 9.31. The Morgan fingerprint density at radius 3 is 2.52 bits per heavy atom. The van der Waals surface area contributed by atoms with Crippen LogP contribution in [0, 0.1) is 11.8 Å². The van der Waals surface area contributed by atoms with E-state index in [0.29, 0.717) is 24.6 Å². The minimum Gasteiger partial charge on any atom is -0.493 e. The van der Waals surface area contributed by atoms with Crippen LogP contribution in [0.4, 0.5) is 0 Å². The van der Waals surface area contributed by atoms with Crippen molar-refractivity contribution in [1.29, 1.82) is 0 Å². The van der Waals surface area contributed by atoms with E-state index in [9.17, 15) is 4.79 Å². The van der Waals surface area contributed by atoms with Crippen molar-refractivity contribution in [3.05, 3.63) is 42.5 Å². The lowest BCUT2D eigenvalue weighted by atomic mass is 9.73. The molecular formula is C21H27ClN4O3. The quantitative estimate of drug-likeness (QED) is 0.721. The lowest BCUT2D eigenvalue weighted by molar-refractivity contribution is -0.139. The van der Waals surface area contributed by atoms with Gasteiger partial charge in [-0.1, -0.05) is 12.8 Å². The van der Waals surface area contributed by atoms with Crippen LogP contribution in [0.3, 0.4) is 0 Å². The van der Waals surface area contributed by atoms with E-state index >= 15 is 0 Å². The highest BCUT2D eigenvalue weighted by Crippen LogP contribution is 2.39. The molecule has 4 rings (SSSR count). The zero-order chi connectivity index (χ0) is 19.5. The summed E-state index contributed by atoms with van der Waals surface area (Å²) in [6.45, 7) is 1.21. The molecule has 2 unspecified atom stereocenters. The summed E-state index contributed by atoms with van der Waals surface area (Å²) in [4.78, 5) is 17.1. The second-order valence-electron chi connectivity index (χ2n) is 7.31. The lowest BCUT2D eigenvalue weighted by Crippen LogP contribution is -2.46. The van der Waals surface area contributed by atoms with Crippen molar-refractivity contribution in [2.24, 2.45) is 16.9 Å². The molecule has 156 valence electrons. The molecule has 1 saturated carbocycles. The number of benzene rings is 1. The number of fused-ring (bicyclic) bond motifs is 1. The first kappa shape index (κ1) is 21.2. The Balaban J connectivity index is 0.00000240. The minimum atomic E-state index is 0. The van der Waals surface area contributed by atoms with Crippen LogP contribution in [-0.2, 0) is 11.3 Å². The second-order valence-corrected chi connectivity index (χ2v) is 7.31. The lowest BCUT2D eigenvalue weighted by Gasteiger charge is -2.38. The summed E-state index contributed by atoms with van der Waals surface area (Å²) < 4.78 is 12.8. The van der Waals surface area contributed by atoms with Crippen LogP contribution < -0.4 is 9.47 Å². The monoisotopic (exact) mass is 418 g/mol. The molecule has 2 heterocycles. The van der Waals surface area contributed by atoms with Crippen molar-refractivity contribution in [3.8, 4) is 11.5 Å². The fourth-order valence-corrected chi connectivity index (χ4v) is 4.26. The molecule has 0 spiro atoms. The van der Waals surface area contributed by atoms with Crippen LogP contribution in [-0.4, -0.2) is 46.9 Å². The molecule has 0 N–H and O–H groups in total. The third-order valence-corrected chi connectivity index (χ3v) is 5.73. The summed E-state index contributed by atoms with van der Waals surface area (Å²) in [5.74, 6) is 1.70. The van der Waals surface area contributed by atoms with E-state index in [1.807, 2.05) is 29.0 Å². The Labute approximate surface area is 177 Å². The maximum Gasteiger partial charge on any atom is 0.246 e. The number of amides is 1. The molecule has 0 saturated heterocycles. The maximum absolute atomic E-state index is 13.1. The number of carbonyl (C=O) groups excluding carboxylic acids is 1. The van der Waals surface area contributed by atoms with E-state index in [2.05, 4.69) is 4.98 Å². The zero-order valence-electron chi connectivity index (χ0n) is 16.8. The summed E-state index contributed by atoms with van der Waals surface area (Å²) in [6, 6.07) is 5.88. The van der Waals surface area contributed by atoms with E-state index in [1.54, 1.807) is 31.8 Å². The van der Waals surface area contributed by atoms with Crippen LogP contribution in [0.1, 0.15) is 31.2 Å². The largest absolute Gasteiger partial charge is 0.493 e. The molecule has 8 heteroatoms. The number of halogens is 1. The number of ether oxygens (including phenoxy) is 2. The molecule has 1 fully saturated rings. The van der Waals surface area contributed by atoms with Crippen LogP contribution in [0.25, 0.3) is 0 Å². The van der Waals surface area contributed by atoms with Gasteiger partial charge in [-0.15, -0.1) is 12.4 Å². The van der Waals surface area contributed by atoms with E-state index in [0.717, 1.165) is 37.0 Å². The summed E-state index contributed by atoms with van der Waals surface area (Å²) in [7, 11) is 3.26. The number of rotatable bonds is 6. The van der Waals surface area contributed by atoms with Gasteiger partial charge in [0.15, 0.2) is 11.5 Å². The minimum absolute atomic E-state index is 0. The van der Waals surface area contributed by atoms with Crippen molar-refractivity contribution in [2.45, 2.75) is 32.2 Å². The Morgan fingerprint density at radius 2 is 1.83 bits per heavy atom. The molecule has 1 aromatic heterocycles. The summed E-state index contributed by atoms with van der Waals surface area (Å²) in [5.41, 5.74) is 1.98. The van der Waals surface area contributed by atoms with Gasteiger partial charge in [0.05, 0.1) is 32.8 Å². The van der Waals surface area contributed by atoms with Gasteiger partial charge in [-0.3, -0.25) is 4.79 Å². The van der Waals surface area contributed by atoms with E-state index < -0.39 is 0 Å². The molecular weight excluding hydrogens is 392 g/mol. The number of nitrogens with zero attached hydrogens (tertiary/aromatic N) is 4.